The number of nitrogens with zero attached hydrogens (tertiary/aromatic N) is 1. The van der Waals surface area contributed by atoms with Gasteiger partial charge in [-0.2, -0.15) is 0 Å². The smallest absolute Gasteiger partial charge is 0.258 e. The second kappa shape index (κ2) is 5.41. The summed E-state index contributed by atoms with van der Waals surface area (Å²) < 4.78 is 5.25. The Labute approximate surface area is 129 Å². The maximum Gasteiger partial charge on any atom is 0.258 e. The molecule has 108 valence electrons. The number of ether oxygens (including phenoxy) is 1. The average molecular weight is 302 g/mol. The normalized spacial score (nSPS) is 16.7. The summed E-state index contributed by atoms with van der Waals surface area (Å²) in [6.45, 7) is 2.06. The number of carbonyl (C=O) groups is 1. The van der Waals surface area contributed by atoms with E-state index in [0.29, 0.717) is 10.6 Å². The number of benzene rings is 2. The molecule has 0 aromatic heterocycles. The van der Waals surface area contributed by atoms with Gasteiger partial charge in [0.2, 0.25) is 0 Å². The first-order valence-electron chi connectivity index (χ1n) is 6.86. The molecule has 0 fully saturated rings. The minimum atomic E-state index is 0.00286. The lowest BCUT2D eigenvalue weighted by Crippen LogP contribution is -2.35. The second-order valence-corrected chi connectivity index (χ2v) is 5.67. The Bertz CT molecular complexity index is 682. The van der Waals surface area contributed by atoms with E-state index in [9.17, 15) is 4.79 Å². The molecule has 4 heteroatoms. The van der Waals surface area contributed by atoms with E-state index in [1.54, 1.807) is 31.4 Å². The van der Waals surface area contributed by atoms with E-state index >= 15 is 0 Å². The molecule has 0 N–H and O–H groups in total. The minimum Gasteiger partial charge on any atom is -0.497 e. The van der Waals surface area contributed by atoms with Crippen molar-refractivity contribution in [3.05, 3.63) is 58.6 Å². The van der Waals surface area contributed by atoms with Crippen LogP contribution in [0.15, 0.2) is 42.5 Å². The second-order valence-electron chi connectivity index (χ2n) is 5.23. The topological polar surface area (TPSA) is 29.5 Å². The van der Waals surface area contributed by atoms with Crippen LogP contribution in [0.25, 0.3) is 0 Å². The fourth-order valence-electron chi connectivity index (χ4n) is 2.78. The number of halogens is 1. The van der Waals surface area contributed by atoms with Crippen LogP contribution in [-0.2, 0) is 6.42 Å². The van der Waals surface area contributed by atoms with Gasteiger partial charge >= 0.3 is 0 Å². The van der Waals surface area contributed by atoms with Crippen LogP contribution in [0.1, 0.15) is 22.8 Å². The van der Waals surface area contributed by atoms with E-state index in [4.69, 9.17) is 16.3 Å². The van der Waals surface area contributed by atoms with Gasteiger partial charge in [-0.3, -0.25) is 4.79 Å². The molecule has 0 bridgehead atoms. The molecule has 0 saturated heterocycles. The van der Waals surface area contributed by atoms with Crippen LogP contribution >= 0.6 is 11.6 Å². The highest BCUT2D eigenvalue weighted by Crippen LogP contribution is 2.35. The monoisotopic (exact) mass is 301 g/mol. The lowest BCUT2D eigenvalue weighted by Gasteiger charge is -2.23. The number of anilines is 1. The third-order valence-corrected chi connectivity index (χ3v) is 4.06. The highest BCUT2D eigenvalue weighted by molar-refractivity contribution is 6.30. The van der Waals surface area contributed by atoms with Gasteiger partial charge in [-0.05, 0) is 61.4 Å². The molecular formula is C17H16ClNO2. The first-order valence-corrected chi connectivity index (χ1v) is 7.24. The van der Waals surface area contributed by atoms with E-state index in [-0.39, 0.29) is 11.9 Å². The number of amides is 1. The molecule has 2 aromatic rings. The van der Waals surface area contributed by atoms with Gasteiger partial charge in [-0.1, -0.05) is 11.6 Å². The van der Waals surface area contributed by atoms with Crippen LogP contribution in [0.5, 0.6) is 5.75 Å². The van der Waals surface area contributed by atoms with Crippen molar-refractivity contribution in [3.63, 3.8) is 0 Å². The van der Waals surface area contributed by atoms with E-state index in [0.717, 1.165) is 23.4 Å². The quantitative estimate of drug-likeness (QED) is 0.841. The van der Waals surface area contributed by atoms with Gasteiger partial charge < -0.3 is 9.64 Å². The standard InChI is InChI=1S/C17H16ClNO2/c1-11-9-13-10-15(21-2)7-8-16(13)19(11)17(20)12-3-5-14(18)6-4-12/h3-8,10-11H,9H2,1-2H3. The van der Waals surface area contributed by atoms with Crippen molar-refractivity contribution < 1.29 is 9.53 Å². The van der Waals surface area contributed by atoms with Crippen molar-refractivity contribution in [3.8, 4) is 5.75 Å². The van der Waals surface area contributed by atoms with Crippen molar-refractivity contribution in [2.75, 3.05) is 12.0 Å². The van der Waals surface area contributed by atoms with Crippen LogP contribution in [0.4, 0.5) is 5.69 Å². The number of fused-ring (bicyclic) bond motifs is 1. The molecular weight excluding hydrogens is 286 g/mol. The van der Waals surface area contributed by atoms with Crippen molar-refractivity contribution in [1.82, 2.24) is 0 Å². The predicted octanol–water partition coefficient (Wildman–Crippen LogP) is 3.94. The van der Waals surface area contributed by atoms with Gasteiger partial charge in [0.1, 0.15) is 5.75 Å². The Kier molecular flexibility index (Phi) is 3.60. The van der Waals surface area contributed by atoms with Crippen LogP contribution < -0.4 is 9.64 Å². The molecule has 0 spiro atoms. The van der Waals surface area contributed by atoms with Crippen LogP contribution in [0, 0.1) is 0 Å². The van der Waals surface area contributed by atoms with E-state index in [2.05, 4.69) is 6.92 Å². The molecule has 1 aliphatic rings. The van der Waals surface area contributed by atoms with Crippen molar-refractivity contribution >= 4 is 23.2 Å². The summed E-state index contributed by atoms with van der Waals surface area (Å²) in [5.74, 6) is 0.824. The Morgan fingerprint density at radius 1 is 1.24 bits per heavy atom. The summed E-state index contributed by atoms with van der Waals surface area (Å²) >= 11 is 5.88. The van der Waals surface area contributed by atoms with Gasteiger partial charge in [-0.15, -0.1) is 0 Å². The fraction of sp³-hybridized carbons (Fsp3) is 0.235. The summed E-state index contributed by atoms with van der Waals surface area (Å²) in [4.78, 5) is 14.6. The van der Waals surface area contributed by atoms with Crippen molar-refractivity contribution in [2.45, 2.75) is 19.4 Å². The number of carbonyl (C=O) groups excluding carboxylic acids is 1. The van der Waals surface area contributed by atoms with Gasteiger partial charge in [0.25, 0.3) is 5.91 Å². The van der Waals surface area contributed by atoms with Gasteiger partial charge in [0, 0.05) is 22.3 Å². The van der Waals surface area contributed by atoms with E-state index in [1.165, 1.54) is 0 Å². The molecule has 1 atom stereocenters. The Morgan fingerprint density at radius 2 is 1.95 bits per heavy atom. The SMILES string of the molecule is COc1ccc2c(c1)CC(C)N2C(=O)c1ccc(Cl)cc1. The summed E-state index contributed by atoms with van der Waals surface area (Å²) in [5, 5.41) is 0.631. The maximum absolute atomic E-state index is 12.7. The van der Waals surface area contributed by atoms with Crippen molar-refractivity contribution in [1.29, 1.82) is 0 Å². The zero-order chi connectivity index (χ0) is 15.0. The Hall–Kier alpha value is -2.00. The number of hydrogen-bond acceptors (Lipinski definition) is 2. The first-order chi connectivity index (χ1) is 10.1. The van der Waals surface area contributed by atoms with Crippen molar-refractivity contribution in [2.24, 2.45) is 0 Å². The molecule has 1 amide bonds. The average Bonchev–Trinajstić information content (AvgIpc) is 2.82. The van der Waals surface area contributed by atoms with Crippen LogP contribution in [0.2, 0.25) is 5.02 Å². The van der Waals surface area contributed by atoms with Gasteiger partial charge in [0.15, 0.2) is 0 Å². The molecule has 2 aromatic carbocycles. The maximum atomic E-state index is 12.7. The summed E-state index contributed by atoms with van der Waals surface area (Å²) in [6.07, 6.45) is 0.839. The zero-order valence-electron chi connectivity index (χ0n) is 12.0. The number of rotatable bonds is 2. The largest absolute Gasteiger partial charge is 0.497 e. The summed E-state index contributed by atoms with van der Waals surface area (Å²) in [6, 6.07) is 13.0. The number of methoxy groups -OCH3 is 1. The van der Waals surface area contributed by atoms with E-state index in [1.807, 2.05) is 23.1 Å². The molecule has 0 radical (unpaired) electrons. The molecule has 21 heavy (non-hydrogen) atoms. The zero-order valence-corrected chi connectivity index (χ0v) is 12.7. The first kappa shape index (κ1) is 14.0. The van der Waals surface area contributed by atoms with Crippen LogP contribution in [-0.4, -0.2) is 19.1 Å². The lowest BCUT2D eigenvalue weighted by molar-refractivity contribution is 0.0981. The molecule has 1 heterocycles. The summed E-state index contributed by atoms with van der Waals surface area (Å²) in [5.41, 5.74) is 2.75. The fourth-order valence-corrected chi connectivity index (χ4v) is 2.90. The molecule has 1 aliphatic heterocycles. The lowest BCUT2D eigenvalue weighted by atomic mass is 10.1. The Balaban J connectivity index is 1.96. The third-order valence-electron chi connectivity index (χ3n) is 3.81. The Morgan fingerprint density at radius 3 is 2.62 bits per heavy atom. The predicted molar refractivity (Wildman–Crippen MR) is 84.4 cm³/mol. The molecule has 0 saturated carbocycles. The summed E-state index contributed by atoms with van der Waals surface area (Å²) in [7, 11) is 1.65. The molecule has 1 unspecified atom stereocenters. The van der Waals surface area contributed by atoms with Crippen LogP contribution in [0.3, 0.4) is 0 Å². The van der Waals surface area contributed by atoms with Gasteiger partial charge in [0.05, 0.1) is 7.11 Å². The molecule has 0 aliphatic carbocycles. The number of hydrogen-bond donors (Lipinski definition) is 0. The molecule has 3 nitrogen and oxygen atoms in total. The van der Waals surface area contributed by atoms with Gasteiger partial charge in [-0.25, -0.2) is 0 Å². The highest BCUT2D eigenvalue weighted by Gasteiger charge is 2.31. The van der Waals surface area contributed by atoms with E-state index < -0.39 is 0 Å². The third kappa shape index (κ3) is 2.49. The highest BCUT2D eigenvalue weighted by atomic mass is 35.5. The minimum absolute atomic E-state index is 0.00286. The molecule has 3 rings (SSSR count).